The van der Waals surface area contributed by atoms with Crippen molar-refractivity contribution >= 4 is 41.2 Å². The number of hydrogen-bond acceptors (Lipinski definition) is 4. The molecule has 0 saturated carbocycles. The van der Waals surface area contributed by atoms with E-state index < -0.39 is 0 Å². The highest BCUT2D eigenvalue weighted by atomic mass is 32.2. The Bertz CT molecular complexity index is 765. The number of allylic oxidation sites excluding steroid dienone is 2. The van der Waals surface area contributed by atoms with Gasteiger partial charge in [-0.25, -0.2) is 0 Å². The zero-order valence-electron chi connectivity index (χ0n) is 22.5. The summed E-state index contributed by atoms with van der Waals surface area (Å²) in [5, 5.41) is 3.11. The van der Waals surface area contributed by atoms with Crippen molar-refractivity contribution in [2.24, 2.45) is 0 Å². The summed E-state index contributed by atoms with van der Waals surface area (Å²) in [6, 6.07) is 3.78. The molecule has 1 aromatic rings. The number of anilines is 1. The van der Waals surface area contributed by atoms with Gasteiger partial charge in [0.25, 0.3) is 5.91 Å². The van der Waals surface area contributed by atoms with Gasteiger partial charge in [0.15, 0.2) is 0 Å². The Morgan fingerprint density at radius 3 is 2.00 bits per heavy atom. The van der Waals surface area contributed by atoms with E-state index >= 15 is 0 Å². The van der Waals surface area contributed by atoms with Crippen molar-refractivity contribution in [3.63, 3.8) is 0 Å². The van der Waals surface area contributed by atoms with Gasteiger partial charge in [-0.15, -0.1) is 11.8 Å². The SMILES string of the molecule is CCCCCCCCC=CCCCCCCCC(=O)Nc1c(SC)ccc(C(=O)NSC)c1CC. The van der Waals surface area contributed by atoms with Crippen LogP contribution < -0.4 is 10.0 Å². The summed E-state index contributed by atoms with van der Waals surface area (Å²) in [7, 11) is 0. The lowest BCUT2D eigenvalue weighted by Gasteiger charge is -2.17. The molecule has 0 unspecified atom stereocenters. The highest BCUT2D eigenvalue weighted by Crippen LogP contribution is 2.32. The molecule has 35 heavy (non-hydrogen) atoms. The van der Waals surface area contributed by atoms with Gasteiger partial charge in [-0.2, -0.15) is 0 Å². The highest BCUT2D eigenvalue weighted by Gasteiger charge is 2.18. The molecule has 0 aliphatic rings. The third-order valence-electron chi connectivity index (χ3n) is 6.22. The van der Waals surface area contributed by atoms with E-state index in [0.29, 0.717) is 18.4 Å². The topological polar surface area (TPSA) is 58.2 Å². The molecule has 198 valence electrons. The van der Waals surface area contributed by atoms with E-state index in [9.17, 15) is 9.59 Å². The molecule has 1 rings (SSSR count). The molecule has 0 spiro atoms. The molecular formula is C29H48N2O2S2. The number of amides is 2. The van der Waals surface area contributed by atoms with E-state index in [1.807, 2.05) is 31.6 Å². The molecule has 0 bridgehead atoms. The average Bonchev–Trinajstić information content (AvgIpc) is 2.86. The Labute approximate surface area is 223 Å². The quantitative estimate of drug-likeness (QED) is 0.0779. The maximum absolute atomic E-state index is 12.7. The second kappa shape index (κ2) is 20.8. The molecule has 0 atom stereocenters. The predicted octanol–water partition coefficient (Wildman–Crippen LogP) is 8.95. The molecule has 4 nitrogen and oxygen atoms in total. The minimum atomic E-state index is -0.116. The number of rotatable bonds is 20. The fourth-order valence-electron chi connectivity index (χ4n) is 4.22. The molecule has 2 N–H and O–H groups in total. The second-order valence-corrected chi connectivity index (χ2v) is 10.5. The first kappa shape index (κ1) is 31.6. The van der Waals surface area contributed by atoms with Gasteiger partial charge in [0.2, 0.25) is 5.91 Å². The normalized spacial score (nSPS) is 11.2. The summed E-state index contributed by atoms with van der Waals surface area (Å²) in [6.45, 7) is 4.29. The minimum Gasteiger partial charge on any atom is -0.325 e. The van der Waals surface area contributed by atoms with Crippen molar-refractivity contribution < 1.29 is 9.59 Å². The summed E-state index contributed by atoms with van der Waals surface area (Å²) in [4.78, 5) is 26.1. The zero-order valence-corrected chi connectivity index (χ0v) is 24.2. The summed E-state index contributed by atoms with van der Waals surface area (Å²) < 4.78 is 2.79. The van der Waals surface area contributed by atoms with E-state index in [0.717, 1.165) is 29.0 Å². The molecule has 0 aliphatic heterocycles. The molecule has 0 aliphatic carbocycles. The van der Waals surface area contributed by atoms with Crippen LogP contribution in [0.25, 0.3) is 0 Å². The molecule has 6 heteroatoms. The van der Waals surface area contributed by atoms with Crippen LogP contribution in [0.15, 0.2) is 29.2 Å². The average molecular weight is 521 g/mol. The summed E-state index contributed by atoms with van der Waals surface area (Å²) in [5.41, 5.74) is 2.34. The smallest absolute Gasteiger partial charge is 0.261 e. The van der Waals surface area contributed by atoms with Gasteiger partial charge in [0, 0.05) is 23.1 Å². The maximum Gasteiger partial charge on any atom is 0.261 e. The molecule has 0 aromatic heterocycles. The molecular weight excluding hydrogens is 472 g/mol. The number of thioether (sulfide) groups is 1. The summed E-state index contributed by atoms with van der Waals surface area (Å²) >= 11 is 2.88. The first-order valence-electron chi connectivity index (χ1n) is 13.6. The number of nitrogens with one attached hydrogen (secondary N) is 2. The van der Waals surface area contributed by atoms with Crippen LogP contribution in [0, 0.1) is 0 Å². The zero-order chi connectivity index (χ0) is 25.7. The van der Waals surface area contributed by atoms with E-state index in [2.05, 4.69) is 29.1 Å². The van der Waals surface area contributed by atoms with Crippen molar-refractivity contribution in [1.29, 1.82) is 0 Å². The first-order chi connectivity index (χ1) is 17.1. The van der Waals surface area contributed by atoms with Crippen molar-refractivity contribution in [1.82, 2.24) is 4.72 Å². The molecule has 0 heterocycles. The van der Waals surface area contributed by atoms with Gasteiger partial charge in [0.05, 0.1) is 5.69 Å². The Hall–Kier alpha value is -1.40. The number of unbranched alkanes of at least 4 members (excludes halogenated alkanes) is 11. The van der Waals surface area contributed by atoms with Gasteiger partial charge in [-0.3, -0.25) is 14.3 Å². The van der Waals surface area contributed by atoms with Gasteiger partial charge in [-0.05, 0) is 62.5 Å². The van der Waals surface area contributed by atoms with E-state index in [1.165, 1.54) is 82.6 Å². The third-order valence-corrected chi connectivity index (χ3v) is 7.39. The fraction of sp³-hybridized carbons (Fsp3) is 0.655. The second-order valence-electron chi connectivity index (χ2n) is 9.04. The Balaban J connectivity index is 2.29. The van der Waals surface area contributed by atoms with Crippen LogP contribution in [0.4, 0.5) is 5.69 Å². The van der Waals surface area contributed by atoms with Crippen LogP contribution in [-0.4, -0.2) is 24.3 Å². The lowest BCUT2D eigenvalue weighted by atomic mass is 10.0. The Morgan fingerprint density at radius 2 is 1.43 bits per heavy atom. The molecule has 0 fully saturated rings. The van der Waals surface area contributed by atoms with Crippen molar-refractivity contribution in [3.05, 3.63) is 35.4 Å². The molecule has 2 amide bonds. The minimum absolute atomic E-state index is 0.0371. The highest BCUT2D eigenvalue weighted by molar-refractivity contribution is 7.98. The van der Waals surface area contributed by atoms with Crippen LogP contribution in [0.3, 0.4) is 0 Å². The van der Waals surface area contributed by atoms with E-state index in [-0.39, 0.29) is 11.8 Å². The lowest BCUT2D eigenvalue weighted by molar-refractivity contribution is -0.116. The van der Waals surface area contributed by atoms with Crippen LogP contribution in [0.1, 0.15) is 120 Å². The number of carbonyl (C=O) groups is 2. The van der Waals surface area contributed by atoms with Crippen molar-refractivity contribution in [2.45, 2.75) is 115 Å². The molecule has 0 radical (unpaired) electrons. The summed E-state index contributed by atoms with van der Waals surface area (Å²) in [5.74, 6) is -0.0789. The van der Waals surface area contributed by atoms with Crippen molar-refractivity contribution in [3.8, 4) is 0 Å². The Morgan fingerprint density at radius 1 is 0.829 bits per heavy atom. The van der Waals surface area contributed by atoms with Crippen LogP contribution in [-0.2, 0) is 11.2 Å². The van der Waals surface area contributed by atoms with Gasteiger partial charge in [-0.1, -0.05) is 89.3 Å². The fourth-order valence-corrected chi connectivity index (χ4v) is 5.10. The summed E-state index contributed by atoms with van der Waals surface area (Å²) in [6.07, 6.45) is 26.0. The maximum atomic E-state index is 12.7. The first-order valence-corrected chi connectivity index (χ1v) is 16.0. The van der Waals surface area contributed by atoms with Gasteiger partial charge < -0.3 is 5.32 Å². The van der Waals surface area contributed by atoms with E-state index in [4.69, 9.17) is 0 Å². The van der Waals surface area contributed by atoms with Crippen LogP contribution >= 0.6 is 23.7 Å². The standard InChI is InChI=1S/C29H48N2O2S2/c1-5-7-8-9-10-11-12-13-14-15-16-17-18-19-20-21-27(32)30-28-24(6-2)25(29(33)31-35-4)22-23-26(28)34-3/h13-14,22-23H,5-12,15-21H2,1-4H3,(H,30,32)(H,31,33). The number of carbonyl (C=O) groups excluding carboxylic acids is 2. The van der Waals surface area contributed by atoms with Crippen LogP contribution in [0.5, 0.6) is 0 Å². The van der Waals surface area contributed by atoms with Gasteiger partial charge >= 0.3 is 0 Å². The number of benzene rings is 1. The number of hydrogen-bond donors (Lipinski definition) is 2. The van der Waals surface area contributed by atoms with Crippen LogP contribution in [0.2, 0.25) is 0 Å². The largest absolute Gasteiger partial charge is 0.325 e. The monoisotopic (exact) mass is 520 g/mol. The molecule has 0 saturated heterocycles. The molecule has 1 aromatic carbocycles. The van der Waals surface area contributed by atoms with Gasteiger partial charge in [0.1, 0.15) is 0 Å². The lowest BCUT2D eigenvalue weighted by Crippen LogP contribution is -2.20. The Kier molecular flexibility index (Phi) is 18.8. The predicted molar refractivity (Wildman–Crippen MR) is 157 cm³/mol. The third kappa shape index (κ3) is 13.5. The van der Waals surface area contributed by atoms with Crippen molar-refractivity contribution in [2.75, 3.05) is 17.8 Å². The van der Waals surface area contributed by atoms with E-state index in [1.54, 1.807) is 11.8 Å².